The highest BCUT2D eigenvalue weighted by Gasteiger charge is 2.27. The lowest BCUT2D eigenvalue weighted by atomic mass is 9.98. The van der Waals surface area contributed by atoms with Crippen LogP contribution in [0.5, 0.6) is 0 Å². The molecule has 8 heteroatoms. The second-order valence-corrected chi connectivity index (χ2v) is 10.4. The maximum Gasteiger partial charge on any atom is 0.264 e. The van der Waals surface area contributed by atoms with E-state index >= 15 is 0 Å². The van der Waals surface area contributed by atoms with Crippen LogP contribution in [0.1, 0.15) is 44.1 Å². The molecule has 0 spiro atoms. The van der Waals surface area contributed by atoms with Gasteiger partial charge in [-0.05, 0) is 68.1 Å². The normalized spacial score (nSPS) is 14.8. The molecule has 0 aliphatic heterocycles. The van der Waals surface area contributed by atoms with Crippen molar-refractivity contribution in [3.8, 4) is 0 Å². The Morgan fingerprint density at radius 1 is 1.12 bits per heavy atom. The summed E-state index contributed by atoms with van der Waals surface area (Å²) in [5.41, 5.74) is 1.34. The quantitative estimate of drug-likeness (QED) is 0.502. The predicted octanol–water partition coefficient (Wildman–Crippen LogP) is 4.70. The molecule has 0 atom stereocenters. The fourth-order valence-electron chi connectivity index (χ4n) is 3.80. The summed E-state index contributed by atoms with van der Waals surface area (Å²) in [6.07, 6.45) is 6.97. The summed E-state index contributed by atoms with van der Waals surface area (Å²) in [5.74, 6) is -0.360. The van der Waals surface area contributed by atoms with Gasteiger partial charge < -0.3 is 10.1 Å². The van der Waals surface area contributed by atoms with Gasteiger partial charge in [-0.3, -0.25) is 9.10 Å². The van der Waals surface area contributed by atoms with E-state index in [1.165, 1.54) is 43.5 Å². The third-order valence-electron chi connectivity index (χ3n) is 5.53. The average Bonchev–Trinajstić information content (AvgIpc) is 2.78. The smallest absolute Gasteiger partial charge is 0.264 e. The van der Waals surface area contributed by atoms with E-state index in [4.69, 9.17) is 16.3 Å². The molecule has 0 heterocycles. The number of hydrogen-bond acceptors (Lipinski definition) is 4. The Balaban J connectivity index is 1.62. The van der Waals surface area contributed by atoms with Gasteiger partial charge in [0.05, 0.1) is 16.7 Å². The molecule has 1 amide bonds. The molecule has 0 saturated heterocycles. The fourth-order valence-corrected chi connectivity index (χ4v) is 5.34. The largest absolute Gasteiger partial charge is 0.378 e. The molecule has 3 rings (SSSR count). The summed E-state index contributed by atoms with van der Waals surface area (Å²) in [6.45, 7) is 2.60. The molecule has 0 unspecified atom stereocenters. The number of halogens is 1. The lowest BCUT2D eigenvalue weighted by Gasteiger charge is -2.24. The minimum absolute atomic E-state index is 0.0806. The number of nitrogens with one attached hydrogen (secondary N) is 1. The summed E-state index contributed by atoms with van der Waals surface area (Å²) in [6, 6.07) is 13.0. The Bertz CT molecular complexity index is 989. The van der Waals surface area contributed by atoms with Crippen molar-refractivity contribution in [2.45, 2.75) is 56.4 Å². The molecule has 0 radical (unpaired) electrons. The Morgan fingerprint density at radius 2 is 1.84 bits per heavy atom. The molecule has 6 nitrogen and oxygen atoms in total. The predicted molar refractivity (Wildman–Crippen MR) is 128 cm³/mol. The van der Waals surface area contributed by atoms with Crippen molar-refractivity contribution in [1.82, 2.24) is 5.32 Å². The molecule has 1 fully saturated rings. The number of aryl methyl sites for hydroxylation is 1. The maximum atomic E-state index is 13.3. The first-order valence-electron chi connectivity index (χ1n) is 11.1. The number of carbonyl (C=O) groups is 1. The lowest BCUT2D eigenvalue weighted by molar-refractivity contribution is -0.119. The highest BCUT2D eigenvalue weighted by molar-refractivity contribution is 7.92. The van der Waals surface area contributed by atoms with Crippen molar-refractivity contribution >= 4 is 33.2 Å². The molecule has 1 saturated carbocycles. The van der Waals surface area contributed by atoms with Crippen molar-refractivity contribution in [2.75, 3.05) is 24.0 Å². The second-order valence-electron chi connectivity index (χ2n) is 8.14. The van der Waals surface area contributed by atoms with Crippen LogP contribution in [-0.2, 0) is 19.6 Å². The molecular formula is C24H31ClN2O4S. The first-order valence-corrected chi connectivity index (χ1v) is 12.9. The van der Waals surface area contributed by atoms with E-state index in [1.807, 2.05) is 13.0 Å². The fraction of sp³-hybridized carbons (Fsp3) is 0.458. The number of ether oxygens (including phenoxy) is 1. The molecule has 0 aromatic heterocycles. The zero-order valence-electron chi connectivity index (χ0n) is 18.4. The van der Waals surface area contributed by atoms with Gasteiger partial charge in [0.15, 0.2) is 0 Å². The molecular weight excluding hydrogens is 448 g/mol. The minimum Gasteiger partial charge on any atom is -0.378 e. The minimum atomic E-state index is -3.94. The molecule has 1 aliphatic rings. The number of benzene rings is 2. The molecule has 174 valence electrons. The van der Waals surface area contributed by atoms with E-state index < -0.39 is 10.0 Å². The standard InChI is InChI=1S/C24H31ClN2O4S/c1-19-7-5-8-21(17-19)27(32(29,30)23-13-11-20(25)12-14-23)18-24(28)26-15-6-16-31-22-9-3-2-4-10-22/h5,7-8,11-14,17,22H,2-4,6,9-10,15-16,18H2,1H3,(H,26,28). The highest BCUT2D eigenvalue weighted by Crippen LogP contribution is 2.25. The van der Waals surface area contributed by atoms with Crippen LogP contribution in [-0.4, -0.2) is 40.1 Å². The average molecular weight is 479 g/mol. The van der Waals surface area contributed by atoms with Gasteiger partial charge in [-0.2, -0.15) is 0 Å². The lowest BCUT2D eigenvalue weighted by Crippen LogP contribution is -2.41. The van der Waals surface area contributed by atoms with Crippen LogP contribution in [0.3, 0.4) is 0 Å². The number of rotatable bonds is 10. The zero-order valence-corrected chi connectivity index (χ0v) is 20.0. The number of carbonyl (C=O) groups excluding carboxylic acids is 1. The molecule has 1 aliphatic carbocycles. The van der Waals surface area contributed by atoms with Crippen molar-refractivity contribution < 1.29 is 17.9 Å². The van der Waals surface area contributed by atoms with Crippen LogP contribution in [0.4, 0.5) is 5.69 Å². The van der Waals surface area contributed by atoms with E-state index in [1.54, 1.807) is 18.2 Å². The van der Waals surface area contributed by atoms with Gasteiger partial charge in [0.1, 0.15) is 6.54 Å². The van der Waals surface area contributed by atoms with Crippen LogP contribution in [0.15, 0.2) is 53.4 Å². The first kappa shape index (κ1) is 24.6. The third kappa shape index (κ3) is 6.95. The number of nitrogens with zero attached hydrogens (tertiary/aromatic N) is 1. The SMILES string of the molecule is Cc1cccc(N(CC(=O)NCCCOC2CCCCC2)S(=O)(=O)c2ccc(Cl)cc2)c1. The Kier molecular flexibility index (Phi) is 8.96. The van der Waals surface area contributed by atoms with Gasteiger partial charge in [0.25, 0.3) is 10.0 Å². The Labute approximate surface area is 196 Å². The van der Waals surface area contributed by atoms with Crippen molar-refractivity contribution in [3.63, 3.8) is 0 Å². The van der Waals surface area contributed by atoms with Gasteiger partial charge in [0.2, 0.25) is 5.91 Å². The number of anilines is 1. The summed E-state index contributed by atoms with van der Waals surface area (Å²) in [5, 5.41) is 3.27. The Hall–Kier alpha value is -2.09. The van der Waals surface area contributed by atoms with Crippen molar-refractivity contribution in [1.29, 1.82) is 0 Å². The van der Waals surface area contributed by atoms with Crippen LogP contribution >= 0.6 is 11.6 Å². The number of sulfonamides is 1. The summed E-state index contributed by atoms with van der Waals surface area (Å²) in [4.78, 5) is 12.7. The van der Waals surface area contributed by atoms with Crippen molar-refractivity contribution in [2.24, 2.45) is 0 Å². The molecule has 1 N–H and O–H groups in total. The van der Waals surface area contributed by atoms with Gasteiger partial charge in [-0.1, -0.05) is 43.0 Å². The van der Waals surface area contributed by atoms with Crippen LogP contribution < -0.4 is 9.62 Å². The summed E-state index contributed by atoms with van der Waals surface area (Å²) in [7, 11) is -3.94. The van der Waals surface area contributed by atoms with E-state index in [9.17, 15) is 13.2 Å². The van der Waals surface area contributed by atoms with Crippen LogP contribution in [0, 0.1) is 6.92 Å². The van der Waals surface area contributed by atoms with Gasteiger partial charge in [-0.25, -0.2) is 8.42 Å². The maximum absolute atomic E-state index is 13.3. The van der Waals surface area contributed by atoms with Crippen LogP contribution in [0.2, 0.25) is 5.02 Å². The van der Waals surface area contributed by atoms with E-state index in [2.05, 4.69) is 5.32 Å². The molecule has 0 bridgehead atoms. The Morgan fingerprint density at radius 3 is 2.53 bits per heavy atom. The molecule has 32 heavy (non-hydrogen) atoms. The van der Waals surface area contributed by atoms with Gasteiger partial charge in [-0.15, -0.1) is 0 Å². The monoisotopic (exact) mass is 478 g/mol. The first-order chi connectivity index (χ1) is 15.4. The second kappa shape index (κ2) is 11.7. The van der Waals surface area contributed by atoms with E-state index in [0.717, 1.165) is 22.7 Å². The van der Waals surface area contributed by atoms with Crippen molar-refractivity contribution in [3.05, 3.63) is 59.1 Å². The number of hydrogen-bond donors (Lipinski definition) is 1. The topological polar surface area (TPSA) is 75.7 Å². The van der Waals surface area contributed by atoms with Crippen LogP contribution in [0.25, 0.3) is 0 Å². The molecule has 2 aromatic carbocycles. The number of amides is 1. The van der Waals surface area contributed by atoms with E-state index in [-0.39, 0.29) is 17.3 Å². The highest BCUT2D eigenvalue weighted by atomic mass is 35.5. The summed E-state index contributed by atoms with van der Waals surface area (Å²) < 4.78 is 33.7. The summed E-state index contributed by atoms with van der Waals surface area (Å²) >= 11 is 5.91. The van der Waals surface area contributed by atoms with Gasteiger partial charge >= 0.3 is 0 Å². The third-order valence-corrected chi connectivity index (χ3v) is 7.57. The zero-order chi connectivity index (χ0) is 23.0. The van der Waals surface area contributed by atoms with Gasteiger partial charge in [0, 0.05) is 18.2 Å². The van der Waals surface area contributed by atoms with E-state index in [0.29, 0.717) is 36.4 Å². The molecule has 2 aromatic rings.